The van der Waals surface area contributed by atoms with Gasteiger partial charge in [-0.05, 0) is 33.6 Å². The Morgan fingerprint density at radius 2 is 1.92 bits per heavy atom. The van der Waals surface area contributed by atoms with Crippen LogP contribution >= 0.6 is 0 Å². The molecule has 0 atom stereocenters. The molecule has 0 radical (unpaired) electrons. The molecule has 128 valence electrons. The number of hydrogen-bond acceptors (Lipinski definition) is 3. The maximum atomic E-state index is 14.0. The average molecular weight is 338 g/mol. The van der Waals surface area contributed by atoms with Crippen molar-refractivity contribution in [3.8, 4) is 0 Å². The van der Waals surface area contributed by atoms with Gasteiger partial charge in [0.1, 0.15) is 6.33 Å². The summed E-state index contributed by atoms with van der Waals surface area (Å²) in [6.45, 7) is 5.97. The maximum absolute atomic E-state index is 14.0. The Bertz CT molecular complexity index is 810. The Morgan fingerprint density at radius 3 is 2.54 bits per heavy atom. The summed E-state index contributed by atoms with van der Waals surface area (Å²) >= 11 is 0. The second kappa shape index (κ2) is 5.61. The fourth-order valence-electron chi connectivity index (χ4n) is 2.65. The second-order valence-corrected chi connectivity index (χ2v) is 6.73. The highest BCUT2D eigenvalue weighted by atomic mass is 19.2. The van der Waals surface area contributed by atoms with Crippen LogP contribution in [0.5, 0.6) is 0 Å². The number of amides is 1. The van der Waals surface area contributed by atoms with Crippen molar-refractivity contribution in [1.82, 2.24) is 14.8 Å². The largest absolute Gasteiger partial charge is 0.305 e. The van der Waals surface area contributed by atoms with Gasteiger partial charge >= 0.3 is 0 Å². The first-order valence-corrected chi connectivity index (χ1v) is 7.60. The Labute approximate surface area is 137 Å². The van der Waals surface area contributed by atoms with E-state index in [2.05, 4.69) is 10.1 Å². The van der Waals surface area contributed by atoms with Gasteiger partial charge in [0.25, 0.3) is 5.91 Å². The number of fused-ring (bicyclic) bond motifs is 1. The van der Waals surface area contributed by atoms with Crippen LogP contribution in [0.25, 0.3) is 0 Å². The van der Waals surface area contributed by atoms with Gasteiger partial charge in [-0.2, -0.15) is 0 Å². The van der Waals surface area contributed by atoms with Crippen LogP contribution in [0.15, 0.2) is 12.4 Å². The molecule has 0 bridgehead atoms. The summed E-state index contributed by atoms with van der Waals surface area (Å²) in [4.78, 5) is 17.9. The van der Waals surface area contributed by atoms with Crippen molar-refractivity contribution in [3.05, 3.63) is 41.2 Å². The third kappa shape index (κ3) is 2.65. The second-order valence-electron chi connectivity index (χ2n) is 6.73. The van der Waals surface area contributed by atoms with Gasteiger partial charge in [-0.25, -0.2) is 22.8 Å². The van der Waals surface area contributed by atoms with Crippen LogP contribution in [0.1, 0.15) is 43.4 Å². The highest BCUT2D eigenvalue weighted by molar-refractivity contribution is 6.04. The molecular weight excluding hydrogens is 321 g/mol. The van der Waals surface area contributed by atoms with Crippen LogP contribution < -0.4 is 4.90 Å². The number of anilines is 1. The number of hydrogen-bond donors (Lipinski definition) is 0. The van der Waals surface area contributed by atoms with E-state index in [-0.39, 0.29) is 35.6 Å². The highest BCUT2D eigenvalue weighted by Crippen LogP contribution is 2.32. The molecule has 0 saturated carbocycles. The Balaban J connectivity index is 2.00. The summed E-state index contributed by atoms with van der Waals surface area (Å²) in [6.07, 6.45) is 2.12. The summed E-state index contributed by atoms with van der Waals surface area (Å²) in [5.74, 6) is -4.71. The lowest BCUT2D eigenvalue weighted by Crippen LogP contribution is -2.37. The molecule has 0 unspecified atom stereocenters. The first kappa shape index (κ1) is 16.5. The van der Waals surface area contributed by atoms with Gasteiger partial charge in [-0.15, -0.1) is 5.10 Å². The molecule has 0 aliphatic carbocycles. The van der Waals surface area contributed by atoms with Gasteiger partial charge in [0, 0.05) is 18.2 Å². The van der Waals surface area contributed by atoms with Crippen LogP contribution in [0, 0.1) is 17.5 Å². The number of carbonyl (C=O) groups excluding carboxylic acids is 1. The van der Waals surface area contributed by atoms with Crippen LogP contribution in [0.2, 0.25) is 0 Å². The average Bonchev–Trinajstić information content (AvgIpc) is 3.02. The van der Waals surface area contributed by atoms with E-state index in [1.54, 1.807) is 0 Å². The van der Waals surface area contributed by atoms with E-state index < -0.39 is 23.4 Å². The van der Waals surface area contributed by atoms with Crippen molar-refractivity contribution >= 4 is 11.6 Å². The number of rotatable bonds is 1. The molecule has 1 amide bonds. The predicted molar refractivity (Wildman–Crippen MR) is 81.3 cm³/mol. The van der Waals surface area contributed by atoms with Crippen molar-refractivity contribution in [2.24, 2.45) is 0 Å². The summed E-state index contributed by atoms with van der Waals surface area (Å²) in [5.41, 5.74) is -0.314. The van der Waals surface area contributed by atoms with Crippen LogP contribution in [-0.2, 0) is 12.0 Å². The Morgan fingerprint density at radius 1 is 1.21 bits per heavy atom. The molecule has 0 fully saturated rings. The maximum Gasteiger partial charge on any atom is 0.297 e. The molecule has 1 aromatic carbocycles. The zero-order valence-corrected chi connectivity index (χ0v) is 13.6. The molecule has 2 aromatic rings. The van der Waals surface area contributed by atoms with Crippen molar-refractivity contribution < 1.29 is 18.0 Å². The van der Waals surface area contributed by atoms with Crippen molar-refractivity contribution in [2.75, 3.05) is 11.4 Å². The smallest absolute Gasteiger partial charge is 0.297 e. The van der Waals surface area contributed by atoms with Gasteiger partial charge < -0.3 is 4.90 Å². The third-order valence-electron chi connectivity index (χ3n) is 3.95. The Kier molecular flexibility index (Phi) is 3.85. The molecule has 0 saturated heterocycles. The molecule has 1 aliphatic rings. The van der Waals surface area contributed by atoms with E-state index in [1.807, 2.05) is 20.8 Å². The molecule has 8 heteroatoms. The lowest BCUT2D eigenvalue weighted by molar-refractivity contribution is 0.0974. The van der Waals surface area contributed by atoms with Crippen LogP contribution in [0.4, 0.5) is 18.9 Å². The molecule has 1 aromatic heterocycles. The number of aromatic nitrogens is 3. The first-order valence-electron chi connectivity index (χ1n) is 7.60. The first-order chi connectivity index (χ1) is 11.2. The van der Waals surface area contributed by atoms with E-state index in [4.69, 9.17) is 0 Å². The molecular formula is C16H17F3N4O. The van der Waals surface area contributed by atoms with E-state index >= 15 is 0 Å². The highest BCUT2D eigenvalue weighted by Gasteiger charge is 2.31. The molecule has 3 rings (SSSR count). The quantitative estimate of drug-likeness (QED) is 0.751. The monoisotopic (exact) mass is 338 g/mol. The van der Waals surface area contributed by atoms with Crippen molar-refractivity contribution in [2.45, 2.75) is 39.2 Å². The zero-order chi connectivity index (χ0) is 17.6. The number of halogens is 3. The van der Waals surface area contributed by atoms with E-state index in [1.165, 1.54) is 15.9 Å². The van der Waals surface area contributed by atoms with Crippen molar-refractivity contribution in [3.63, 3.8) is 0 Å². The van der Waals surface area contributed by atoms with E-state index in [0.29, 0.717) is 6.42 Å². The minimum Gasteiger partial charge on any atom is -0.305 e. The molecule has 0 spiro atoms. The minimum absolute atomic E-state index is 0.00348. The predicted octanol–water partition coefficient (Wildman–Crippen LogP) is 3.04. The SMILES string of the molecule is CC(C)(C)n1cnc(C(=O)N2CCCc3c2cc(F)c(F)c3F)n1. The molecule has 5 nitrogen and oxygen atoms in total. The fraction of sp³-hybridized carbons (Fsp3) is 0.438. The van der Waals surface area contributed by atoms with E-state index in [9.17, 15) is 18.0 Å². The molecule has 0 N–H and O–H groups in total. The van der Waals surface area contributed by atoms with Crippen molar-refractivity contribution in [1.29, 1.82) is 0 Å². The van der Waals surface area contributed by atoms with Crippen LogP contribution in [0.3, 0.4) is 0 Å². The number of benzene rings is 1. The van der Waals surface area contributed by atoms with Gasteiger partial charge in [-0.3, -0.25) is 4.79 Å². The summed E-state index contributed by atoms with van der Waals surface area (Å²) in [6, 6.07) is 0.853. The van der Waals surface area contributed by atoms with Gasteiger partial charge in [-0.1, -0.05) is 0 Å². The standard InChI is InChI=1S/C16H17F3N4O/c1-16(2,3)23-8-20-14(21-23)15(24)22-6-4-5-9-11(22)7-10(17)13(19)12(9)18/h7-8H,4-6H2,1-3H3. The molecule has 1 aliphatic heterocycles. The molecule has 24 heavy (non-hydrogen) atoms. The molecule has 2 heterocycles. The number of nitrogens with zero attached hydrogens (tertiary/aromatic N) is 4. The summed E-state index contributed by atoms with van der Waals surface area (Å²) in [7, 11) is 0. The Hall–Kier alpha value is -2.38. The summed E-state index contributed by atoms with van der Waals surface area (Å²) < 4.78 is 42.5. The van der Waals surface area contributed by atoms with Gasteiger partial charge in [0.05, 0.1) is 11.2 Å². The van der Waals surface area contributed by atoms with Crippen LogP contribution in [-0.4, -0.2) is 27.2 Å². The summed E-state index contributed by atoms with van der Waals surface area (Å²) in [5, 5.41) is 4.14. The third-order valence-corrected chi connectivity index (χ3v) is 3.95. The number of carbonyl (C=O) groups is 1. The lowest BCUT2D eigenvalue weighted by Gasteiger charge is -2.29. The minimum atomic E-state index is -1.52. The fourth-order valence-corrected chi connectivity index (χ4v) is 2.65. The van der Waals surface area contributed by atoms with E-state index in [0.717, 1.165) is 6.07 Å². The van der Waals surface area contributed by atoms with Gasteiger partial charge in [0.15, 0.2) is 17.5 Å². The van der Waals surface area contributed by atoms with Gasteiger partial charge in [0.2, 0.25) is 5.82 Å². The normalized spacial score (nSPS) is 14.7. The lowest BCUT2D eigenvalue weighted by atomic mass is 10.0. The zero-order valence-electron chi connectivity index (χ0n) is 13.6. The topological polar surface area (TPSA) is 51.0 Å².